The van der Waals surface area contributed by atoms with Crippen LogP contribution < -0.4 is 0 Å². The lowest BCUT2D eigenvalue weighted by molar-refractivity contribution is -0.325. The van der Waals surface area contributed by atoms with Crippen LogP contribution >= 0.6 is 11.8 Å². The zero-order valence-corrected chi connectivity index (χ0v) is 18.2. The van der Waals surface area contributed by atoms with Crippen molar-refractivity contribution in [2.45, 2.75) is 41.0 Å². The molecule has 0 aromatic heterocycles. The number of thioether (sulfide) groups is 1. The monoisotopic (exact) mass is 440 g/mol. The van der Waals surface area contributed by atoms with Gasteiger partial charge in [0, 0.05) is 10.5 Å². The fourth-order valence-corrected chi connectivity index (χ4v) is 4.93. The second kappa shape index (κ2) is 11.1. The van der Waals surface area contributed by atoms with Gasteiger partial charge >= 0.3 is 0 Å². The number of hydrogen-bond acceptors (Lipinski definition) is 6. The Morgan fingerprint density at radius 1 is 0.871 bits per heavy atom. The Kier molecular flexibility index (Phi) is 7.97. The average molecular weight is 441 g/mol. The van der Waals surface area contributed by atoms with Crippen LogP contribution in [0.5, 0.6) is 0 Å². The Bertz CT molecular complexity index is 830. The fourth-order valence-electron chi connectivity index (χ4n) is 3.78. The van der Waals surface area contributed by atoms with Crippen LogP contribution in [-0.2, 0) is 23.7 Å². The van der Waals surface area contributed by atoms with Crippen molar-refractivity contribution < 1.29 is 23.7 Å². The molecule has 6 heteroatoms. The topological polar surface area (TPSA) is 46.2 Å². The van der Waals surface area contributed by atoms with E-state index >= 15 is 0 Å². The lowest BCUT2D eigenvalue weighted by atomic mass is 9.98. The van der Waals surface area contributed by atoms with Gasteiger partial charge in [-0.2, -0.15) is 0 Å². The summed E-state index contributed by atoms with van der Waals surface area (Å²) in [5.41, 5.74) is 0.687. The molecule has 0 spiro atoms. The van der Waals surface area contributed by atoms with E-state index in [-0.39, 0.29) is 29.9 Å². The van der Waals surface area contributed by atoms with E-state index in [1.165, 1.54) is 0 Å². The van der Waals surface area contributed by atoms with E-state index in [1.807, 2.05) is 48.5 Å². The first-order valence-electron chi connectivity index (χ1n) is 10.4. The molecule has 2 aliphatic heterocycles. The number of fused-ring (bicyclic) bond motifs is 1. The first kappa shape index (κ1) is 22.3. The molecule has 0 N–H and O–H groups in total. The third-order valence-electron chi connectivity index (χ3n) is 5.16. The van der Waals surface area contributed by atoms with Gasteiger partial charge in [-0.25, -0.2) is 0 Å². The van der Waals surface area contributed by atoms with E-state index in [1.54, 1.807) is 23.9 Å². The third-order valence-corrected chi connectivity index (χ3v) is 6.32. The molecule has 164 valence electrons. The van der Waals surface area contributed by atoms with Crippen molar-refractivity contribution in [2.24, 2.45) is 0 Å². The summed E-state index contributed by atoms with van der Waals surface area (Å²) in [5, 5.41) is 0. The van der Waals surface area contributed by atoms with Gasteiger partial charge in [0.2, 0.25) is 0 Å². The Morgan fingerprint density at radius 3 is 2.19 bits per heavy atom. The van der Waals surface area contributed by atoms with Crippen molar-refractivity contribution in [3.63, 3.8) is 0 Å². The first-order valence-corrected chi connectivity index (χ1v) is 11.3. The summed E-state index contributed by atoms with van der Waals surface area (Å²) in [4.78, 5) is 1.10. The predicted octanol–water partition coefficient (Wildman–Crippen LogP) is 4.76. The maximum Gasteiger partial charge on any atom is 0.184 e. The Balaban J connectivity index is 1.58. The quantitative estimate of drug-likeness (QED) is 0.524. The molecule has 4 rings (SSSR count). The minimum absolute atomic E-state index is 0.264. The van der Waals surface area contributed by atoms with Gasteiger partial charge in [-0.1, -0.05) is 72.4 Å². The molecule has 2 aromatic rings. The van der Waals surface area contributed by atoms with Gasteiger partial charge in [0.25, 0.3) is 0 Å². The molecule has 5 nitrogen and oxygen atoms in total. The Labute approximate surface area is 188 Å². The smallest absolute Gasteiger partial charge is 0.184 e. The van der Waals surface area contributed by atoms with Crippen molar-refractivity contribution in [2.75, 3.05) is 19.8 Å². The standard InChI is InChI=1S/C25H28O5S/c1-3-15-26-22-21-20(17-28-24(30-21)18-11-7-5-8-12-18)29-25(23(22)27-16-4-2)31-19-13-9-6-10-14-19/h3-14,20-25H,1-2,15-17H2/t20-,21-,22+,23-,24-,25+/m1/s1. The van der Waals surface area contributed by atoms with E-state index in [4.69, 9.17) is 23.7 Å². The van der Waals surface area contributed by atoms with Gasteiger partial charge in [0.1, 0.15) is 29.9 Å². The van der Waals surface area contributed by atoms with Gasteiger partial charge < -0.3 is 23.7 Å². The van der Waals surface area contributed by atoms with E-state index in [2.05, 4.69) is 25.3 Å². The van der Waals surface area contributed by atoms with E-state index < -0.39 is 6.29 Å². The maximum absolute atomic E-state index is 6.45. The summed E-state index contributed by atoms with van der Waals surface area (Å²) in [7, 11) is 0. The SMILES string of the molecule is C=CCO[C@@H]1[C@@H](OCC=C)[C@H](Sc2ccccc2)O[C@@H]2CO[C@@H](c3ccccc3)O[C@@H]12. The Morgan fingerprint density at radius 2 is 1.52 bits per heavy atom. The summed E-state index contributed by atoms with van der Waals surface area (Å²) in [6.45, 7) is 8.80. The van der Waals surface area contributed by atoms with Crippen LogP contribution in [0.4, 0.5) is 0 Å². The highest BCUT2D eigenvalue weighted by atomic mass is 32.2. The average Bonchev–Trinajstić information content (AvgIpc) is 2.82. The molecule has 2 fully saturated rings. The molecule has 0 unspecified atom stereocenters. The van der Waals surface area contributed by atoms with Crippen LogP contribution in [-0.4, -0.2) is 49.7 Å². The van der Waals surface area contributed by atoms with Gasteiger partial charge in [-0.15, -0.1) is 13.2 Å². The van der Waals surface area contributed by atoms with Crippen LogP contribution in [0.15, 0.2) is 90.9 Å². The second-order valence-corrected chi connectivity index (χ2v) is 8.50. The highest BCUT2D eigenvalue weighted by Gasteiger charge is 2.51. The lowest BCUT2D eigenvalue weighted by Gasteiger charge is -2.49. The molecule has 0 radical (unpaired) electrons. The van der Waals surface area contributed by atoms with Gasteiger partial charge in [0.15, 0.2) is 6.29 Å². The number of rotatable bonds is 9. The summed E-state index contributed by atoms with van der Waals surface area (Å²) < 4.78 is 31.2. The normalized spacial score (nSPS) is 30.3. The first-order chi connectivity index (χ1) is 15.3. The predicted molar refractivity (Wildman–Crippen MR) is 121 cm³/mol. The second-order valence-electron chi connectivity index (χ2n) is 7.32. The van der Waals surface area contributed by atoms with Crippen molar-refractivity contribution in [1.29, 1.82) is 0 Å². The molecule has 0 bridgehead atoms. The zero-order valence-electron chi connectivity index (χ0n) is 17.4. The van der Waals surface area contributed by atoms with Crippen LogP contribution in [0.25, 0.3) is 0 Å². The highest BCUT2D eigenvalue weighted by Crippen LogP contribution is 2.41. The van der Waals surface area contributed by atoms with Gasteiger partial charge in [0.05, 0.1) is 19.8 Å². The Hall–Kier alpha value is -1.93. The summed E-state index contributed by atoms with van der Waals surface area (Å²) in [6, 6.07) is 20.0. The van der Waals surface area contributed by atoms with Crippen LogP contribution in [0, 0.1) is 0 Å². The van der Waals surface area contributed by atoms with Crippen LogP contribution in [0.2, 0.25) is 0 Å². The minimum Gasteiger partial charge on any atom is -0.368 e. The minimum atomic E-state index is -0.473. The number of benzene rings is 2. The number of ether oxygens (including phenoxy) is 5. The maximum atomic E-state index is 6.45. The van der Waals surface area contributed by atoms with E-state index in [0.29, 0.717) is 19.8 Å². The van der Waals surface area contributed by atoms with Gasteiger partial charge in [-0.05, 0) is 12.1 Å². The molecule has 2 saturated heterocycles. The summed E-state index contributed by atoms with van der Waals surface area (Å²) >= 11 is 1.61. The molecule has 6 atom stereocenters. The molecular weight excluding hydrogens is 412 g/mol. The molecule has 0 aliphatic carbocycles. The van der Waals surface area contributed by atoms with Crippen molar-refractivity contribution in [1.82, 2.24) is 0 Å². The molecular formula is C25H28O5S. The fraction of sp³-hybridized carbons (Fsp3) is 0.360. The molecule has 2 aromatic carbocycles. The molecule has 2 aliphatic rings. The number of hydrogen-bond donors (Lipinski definition) is 0. The molecule has 2 heterocycles. The zero-order chi connectivity index (χ0) is 21.5. The summed E-state index contributed by atoms with van der Waals surface area (Å²) in [6.07, 6.45) is 1.72. The largest absolute Gasteiger partial charge is 0.368 e. The molecule has 31 heavy (non-hydrogen) atoms. The third kappa shape index (κ3) is 5.47. The van der Waals surface area contributed by atoms with Gasteiger partial charge in [-0.3, -0.25) is 0 Å². The van der Waals surface area contributed by atoms with Crippen molar-refractivity contribution >= 4 is 11.8 Å². The van der Waals surface area contributed by atoms with Crippen LogP contribution in [0.1, 0.15) is 11.9 Å². The summed E-state index contributed by atoms with van der Waals surface area (Å²) in [5.74, 6) is 0. The lowest BCUT2D eigenvalue weighted by Crippen LogP contribution is -2.62. The highest BCUT2D eigenvalue weighted by molar-refractivity contribution is 7.99. The van der Waals surface area contributed by atoms with Crippen LogP contribution in [0.3, 0.4) is 0 Å². The van der Waals surface area contributed by atoms with Crippen molar-refractivity contribution in [3.05, 3.63) is 91.5 Å². The van der Waals surface area contributed by atoms with E-state index in [0.717, 1.165) is 10.5 Å². The van der Waals surface area contributed by atoms with E-state index in [9.17, 15) is 0 Å². The molecule has 0 saturated carbocycles. The molecule has 0 amide bonds. The van der Waals surface area contributed by atoms with Crippen molar-refractivity contribution in [3.8, 4) is 0 Å².